The van der Waals surface area contributed by atoms with Gasteiger partial charge in [-0.3, -0.25) is 9.55 Å². The number of hydrogen-bond acceptors (Lipinski definition) is 5. The average molecular weight is 399 g/mol. The normalized spacial score (nSPS) is 10.9. The van der Waals surface area contributed by atoms with E-state index in [-0.39, 0.29) is 0 Å². The zero-order valence-electron chi connectivity index (χ0n) is 17.2. The van der Waals surface area contributed by atoms with E-state index < -0.39 is 0 Å². The molecule has 3 aromatic heterocycles. The van der Waals surface area contributed by atoms with Crippen LogP contribution in [0, 0.1) is 13.8 Å². The topological polar surface area (TPSA) is 64.9 Å². The molecule has 0 saturated carbocycles. The summed E-state index contributed by atoms with van der Waals surface area (Å²) in [4.78, 5) is 12.9. The average Bonchev–Trinajstić information content (AvgIpc) is 3.29. The van der Waals surface area contributed by atoms with Gasteiger partial charge in [0.25, 0.3) is 0 Å². The Kier molecular flexibility index (Phi) is 6.15. The lowest BCUT2D eigenvalue weighted by Crippen LogP contribution is -2.13. The summed E-state index contributed by atoms with van der Waals surface area (Å²) in [6, 6.07) is 14.3. The Labute approximate surface area is 176 Å². The van der Waals surface area contributed by atoms with E-state index in [1.807, 2.05) is 41.2 Å². The first-order valence-corrected chi connectivity index (χ1v) is 9.96. The SMILES string of the molecule is Cc1cc(CNCc2ccc(-n3ccnc3)nc2)cc(C)c1OCc1ccccn1. The molecule has 0 aliphatic carbocycles. The summed E-state index contributed by atoms with van der Waals surface area (Å²) in [7, 11) is 0. The van der Waals surface area contributed by atoms with Crippen molar-refractivity contribution >= 4 is 0 Å². The van der Waals surface area contributed by atoms with Crippen LogP contribution in [0.15, 0.2) is 73.6 Å². The molecule has 6 nitrogen and oxygen atoms in total. The Balaban J connectivity index is 1.32. The van der Waals surface area contributed by atoms with Crippen molar-refractivity contribution in [2.75, 3.05) is 0 Å². The fraction of sp³-hybridized carbons (Fsp3) is 0.208. The number of aromatic nitrogens is 4. The number of imidazole rings is 1. The monoisotopic (exact) mass is 399 g/mol. The van der Waals surface area contributed by atoms with Crippen LogP contribution in [0.25, 0.3) is 5.82 Å². The van der Waals surface area contributed by atoms with E-state index >= 15 is 0 Å². The van der Waals surface area contributed by atoms with Crippen LogP contribution >= 0.6 is 0 Å². The molecule has 0 aliphatic rings. The molecule has 0 unspecified atom stereocenters. The van der Waals surface area contributed by atoms with Crippen LogP contribution in [-0.4, -0.2) is 19.5 Å². The van der Waals surface area contributed by atoms with Crippen LogP contribution in [0.4, 0.5) is 0 Å². The number of ether oxygens (including phenoxy) is 1. The molecule has 0 atom stereocenters. The first kappa shape index (κ1) is 19.8. The number of nitrogens with one attached hydrogen (secondary N) is 1. The van der Waals surface area contributed by atoms with Crippen molar-refractivity contribution in [3.05, 3.63) is 102 Å². The summed E-state index contributed by atoms with van der Waals surface area (Å²) in [5.41, 5.74) is 5.57. The van der Waals surface area contributed by atoms with Crippen LogP contribution < -0.4 is 10.1 Å². The van der Waals surface area contributed by atoms with Gasteiger partial charge in [0.05, 0.1) is 5.69 Å². The molecule has 0 aliphatic heterocycles. The molecule has 0 bridgehead atoms. The summed E-state index contributed by atoms with van der Waals surface area (Å²) >= 11 is 0. The van der Waals surface area contributed by atoms with Gasteiger partial charge < -0.3 is 10.1 Å². The lowest BCUT2D eigenvalue weighted by molar-refractivity contribution is 0.297. The standard InChI is InChI=1S/C24H25N5O/c1-18-11-21(12-19(2)24(18)30-16-22-5-3-4-8-27-22)14-26-13-20-6-7-23(28-15-20)29-10-9-25-17-29/h3-12,15,17,26H,13-14,16H2,1-2H3. The van der Waals surface area contributed by atoms with Crippen molar-refractivity contribution in [1.82, 2.24) is 24.8 Å². The van der Waals surface area contributed by atoms with Gasteiger partial charge in [0.2, 0.25) is 0 Å². The Bertz CT molecular complexity index is 1050. The summed E-state index contributed by atoms with van der Waals surface area (Å²) in [6.45, 7) is 6.19. The zero-order valence-corrected chi connectivity index (χ0v) is 17.2. The van der Waals surface area contributed by atoms with Crippen molar-refractivity contribution in [2.24, 2.45) is 0 Å². The van der Waals surface area contributed by atoms with Gasteiger partial charge in [0.15, 0.2) is 0 Å². The molecule has 0 amide bonds. The van der Waals surface area contributed by atoms with Gasteiger partial charge in [-0.25, -0.2) is 9.97 Å². The molecule has 6 heteroatoms. The molecule has 0 radical (unpaired) electrons. The second-order valence-corrected chi connectivity index (χ2v) is 7.27. The zero-order chi connectivity index (χ0) is 20.8. The molecule has 0 fully saturated rings. The van der Waals surface area contributed by atoms with Crippen molar-refractivity contribution in [2.45, 2.75) is 33.5 Å². The fourth-order valence-corrected chi connectivity index (χ4v) is 3.42. The van der Waals surface area contributed by atoms with E-state index in [4.69, 9.17) is 4.74 Å². The minimum Gasteiger partial charge on any atom is -0.487 e. The summed E-state index contributed by atoms with van der Waals surface area (Å²) < 4.78 is 7.92. The minimum absolute atomic E-state index is 0.474. The van der Waals surface area contributed by atoms with Gasteiger partial charge in [-0.2, -0.15) is 0 Å². The molecule has 0 saturated heterocycles. The number of benzene rings is 1. The molecule has 4 aromatic rings. The molecular weight excluding hydrogens is 374 g/mol. The maximum atomic E-state index is 6.03. The van der Waals surface area contributed by atoms with Gasteiger partial charge in [-0.05, 0) is 54.3 Å². The largest absolute Gasteiger partial charge is 0.487 e. The third-order valence-corrected chi connectivity index (χ3v) is 4.85. The highest BCUT2D eigenvalue weighted by molar-refractivity contribution is 5.43. The van der Waals surface area contributed by atoms with Gasteiger partial charge in [-0.15, -0.1) is 0 Å². The minimum atomic E-state index is 0.474. The lowest BCUT2D eigenvalue weighted by atomic mass is 10.1. The maximum Gasteiger partial charge on any atom is 0.137 e. The van der Waals surface area contributed by atoms with Gasteiger partial charge in [-0.1, -0.05) is 24.3 Å². The Morgan fingerprint density at radius 2 is 1.77 bits per heavy atom. The number of rotatable bonds is 8. The third kappa shape index (κ3) is 4.90. The Hall–Kier alpha value is -3.51. The van der Waals surface area contributed by atoms with Crippen molar-refractivity contribution in [3.63, 3.8) is 0 Å². The predicted octanol–water partition coefficient (Wildman–Crippen LogP) is 4.15. The molecular formula is C24H25N5O. The Morgan fingerprint density at radius 1 is 0.933 bits per heavy atom. The van der Waals surface area contributed by atoms with Crippen LogP contribution in [0.1, 0.15) is 27.9 Å². The maximum absolute atomic E-state index is 6.03. The highest BCUT2D eigenvalue weighted by Crippen LogP contribution is 2.25. The first-order valence-electron chi connectivity index (χ1n) is 9.96. The second kappa shape index (κ2) is 9.33. The number of aryl methyl sites for hydroxylation is 2. The van der Waals surface area contributed by atoms with Gasteiger partial charge in [0, 0.05) is 37.9 Å². The first-order chi connectivity index (χ1) is 14.7. The molecule has 30 heavy (non-hydrogen) atoms. The number of pyridine rings is 2. The molecule has 3 heterocycles. The molecule has 1 N–H and O–H groups in total. The highest BCUT2D eigenvalue weighted by atomic mass is 16.5. The van der Waals surface area contributed by atoms with Gasteiger partial charge >= 0.3 is 0 Å². The van der Waals surface area contributed by atoms with E-state index in [0.717, 1.165) is 47.0 Å². The van der Waals surface area contributed by atoms with E-state index in [1.165, 1.54) is 5.56 Å². The second-order valence-electron chi connectivity index (χ2n) is 7.27. The smallest absolute Gasteiger partial charge is 0.137 e. The van der Waals surface area contributed by atoms with Crippen LogP contribution in [0.3, 0.4) is 0 Å². The lowest BCUT2D eigenvalue weighted by Gasteiger charge is -2.14. The van der Waals surface area contributed by atoms with Crippen LogP contribution in [-0.2, 0) is 19.7 Å². The quantitative estimate of drug-likeness (QED) is 0.482. The molecule has 1 aromatic carbocycles. The predicted molar refractivity (Wildman–Crippen MR) is 116 cm³/mol. The van der Waals surface area contributed by atoms with E-state index in [1.54, 1.807) is 18.7 Å². The van der Waals surface area contributed by atoms with E-state index in [0.29, 0.717) is 6.61 Å². The summed E-state index contributed by atoms with van der Waals surface area (Å²) in [5.74, 6) is 1.80. The van der Waals surface area contributed by atoms with Gasteiger partial charge in [0.1, 0.15) is 24.5 Å². The van der Waals surface area contributed by atoms with Crippen molar-refractivity contribution in [3.8, 4) is 11.6 Å². The van der Waals surface area contributed by atoms with Crippen LogP contribution in [0.2, 0.25) is 0 Å². The molecule has 152 valence electrons. The van der Waals surface area contributed by atoms with Crippen LogP contribution in [0.5, 0.6) is 5.75 Å². The fourth-order valence-electron chi connectivity index (χ4n) is 3.42. The van der Waals surface area contributed by atoms with E-state index in [2.05, 4.69) is 52.3 Å². The third-order valence-electron chi connectivity index (χ3n) is 4.85. The summed E-state index contributed by atoms with van der Waals surface area (Å²) in [6.07, 6.45) is 9.06. The highest BCUT2D eigenvalue weighted by Gasteiger charge is 2.08. The number of nitrogens with zero attached hydrogens (tertiary/aromatic N) is 4. The Morgan fingerprint density at radius 3 is 2.43 bits per heavy atom. The van der Waals surface area contributed by atoms with Crippen molar-refractivity contribution in [1.29, 1.82) is 0 Å². The number of hydrogen-bond donors (Lipinski definition) is 1. The summed E-state index contributed by atoms with van der Waals surface area (Å²) in [5, 5.41) is 3.49. The van der Waals surface area contributed by atoms with Crippen molar-refractivity contribution < 1.29 is 4.74 Å². The molecule has 0 spiro atoms. The van der Waals surface area contributed by atoms with E-state index in [9.17, 15) is 0 Å². The molecule has 4 rings (SSSR count).